The lowest BCUT2D eigenvalue weighted by molar-refractivity contribution is -0.128. The fourth-order valence-electron chi connectivity index (χ4n) is 4.49. The van der Waals surface area contributed by atoms with Crippen LogP contribution in [0.25, 0.3) is 6.08 Å². The molecule has 1 atom stereocenters. The van der Waals surface area contributed by atoms with Gasteiger partial charge in [-0.05, 0) is 67.3 Å². The van der Waals surface area contributed by atoms with Crippen molar-refractivity contribution >= 4 is 23.3 Å². The molecule has 172 valence electrons. The van der Waals surface area contributed by atoms with E-state index in [9.17, 15) is 4.79 Å². The number of thiophene rings is 1. The van der Waals surface area contributed by atoms with Gasteiger partial charge in [-0.25, -0.2) is 0 Å². The highest BCUT2D eigenvalue weighted by molar-refractivity contribution is 7.10. The van der Waals surface area contributed by atoms with Crippen molar-refractivity contribution in [3.63, 3.8) is 0 Å². The van der Waals surface area contributed by atoms with E-state index in [4.69, 9.17) is 14.2 Å². The standard InChI is InChI=1S/C26H33NO4S/c1-29-25-17-20(11-13-24(25)31-19-22-9-4-5-15-30-22)18-27(21-7-2-3-8-21)26(28)14-12-23-10-6-16-32-23/h6,10-14,16-17,21-22H,2-5,7-9,15,18-19H2,1H3/b14-12+/t22-/m0/s1. The van der Waals surface area contributed by atoms with E-state index in [1.807, 2.05) is 46.7 Å². The summed E-state index contributed by atoms with van der Waals surface area (Å²) in [6, 6.07) is 10.3. The predicted molar refractivity (Wildman–Crippen MR) is 128 cm³/mol. The molecule has 0 N–H and O–H groups in total. The fourth-order valence-corrected chi connectivity index (χ4v) is 5.10. The smallest absolute Gasteiger partial charge is 0.247 e. The zero-order valence-electron chi connectivity index (χ0n) is 18.8. The van der Waals surface area contributed by atoms with Gasteiger partial charge < -0.3 is 19.1 Å². The van der Waals surface area contributed by atoms with Crippen LogP contribution < -0.4 is 9.47 Å². The van der Waals surface area contributed by atoms with Gasteiger partial charge in [0.15, 0.2) is 11.5 Å². The molecular formula is C26H33NO4S. The summed E-state index contributed by atoms with van der Waals surface area (Å²) in [6.07, 6.45) is 11.6. The Bertz CT molecular complexity index is 883. The highest BCUT2D eigenvalue weighted by Crippen LogP contribution is 2.31. The Balaban J connectivity index is 1.44. The molecule has 2 fully saturated rings. The minimum atomic E-state index is 0.0686. The predicted octanol–water partition coefficient (Wildman–Crippen LogP) is 5.69. The molecule has 1 aromatic carbocycles. The molecule has 6 heteroatoms. The maximum Gasteiger partial charge on any atom is 0.247 e. The van der Waals surface area contributed by atoms with Gasteiger partial charge in [0.05, 0.1) is 13.2 Å². The molecule has 0 radical (unpaired) electrons. The Labute approximate surface area is 195 Å². The second kappa shape index (κ2) is 11.5. The Morgan fingerprint density at radius 1 is 1.16 bits per heavy atom. The first kappa shape index (κ1) is 22.9. The van der Waals surface area contributed by atoms with Crippen LogP contribution in [0.5, 0.6) is 11.5 Å². The van der Waals surface area contributed by atoms with Crippen molar-refractivity contribution in [1.82, 2.24) is 4.90 Å². The summed E-state index contributed by atoms with van der Waals surface area (Å²) in [7, 11) is 1.66. The average Bonchev–Trinajstić information content (AvgIpc) is 3.55. The van der Waals surface area contributed by atoms with Crippen LogP contribution in [0.4, 0.5) is 0 Å². The van der Waals surface area contributed by atoms with E-state index in [1.54, 1.807) is 24.5 Å². The van der Waals surface area contributed by atoms with Crippen molar-refractivity contribution in [2.45, 2.75) is 63.6 Å². The monoisotopic (exact) mass is 455 g/mol. The molecule has 0 bridgehead atoms. The molecular weight excluding hydrogens is 422 g/mol. The molecule has 1 saturated carbocycles. The van der Waals surface area contributed by atoms with E-state index in [0.29, 0.717) is 24.9 Å². The number of amides is 1. The molecule has 0 unspecified atom stereocenters. The molecule has 1 aliphatic carbocycles. The first-order valence-electron chi connectivity index (χ1n) is 11.7. The van der Waals surface area contributed by atoms with Crippen LogP contribution in [0.15, 0.2) is 41.8 Å². The van der Waals surface area contributed by atoms with Crippen LogP contribution in [0, 0.1) is 0 Å². The zero-order valence-corrected chi connectivity index (χ0v) is 19.6. The Morgan fingerprint density at radius 3 is 2.72 bits per heavy atom. The van der Waals surface area contributed by atoms with Gasteiger partial charge in [-0.2, -0.15) is 0 Å². The summed E-state index contributed by atoms with van der Waals surface area (Å²) in [5, 5.41) is 2.02. The number of rotatable bonds is 9. The van der Waals surface area contributed by atoms with E-state index in [-0.39, 0.29) is 12.0 Å². The first-order valence-corrected chi connectivity index (χ1v) is 12.5. The van der Waals surface area contributed by atoms with Crippen LogP contribution in [0.2, 0.25) is 0 Å². The summed E-state index contributed by atoms with van der Waals surface area (Å²) in [6.45, 7) is 1.92. The molecule has 32 heavy (non-hydrogen) atoms. The minimum Gasteiger partial charge on any atom is -0.493 e. The Hall–Kier alpha value is -2.31. The van der Waals surface area contributed by atoms with Gasteiger partial charge in [0, 0.05) is 30.1 Å². The quantitative estimate of drug-likeness (QED) is 0.456. The number of methoxy groups -OCH3 is 1. The largest absolute Gasteiger partial charge is 0.493 e. The van der Waals surface area contributed by atoms with Crippen molar-refractivity contribution < 1.29 is 19.0 Å². The average molecular weight is 456 g/mol. The van der Waals surface area contributed by atoms with Gasteiger partial charge in [-0.3, -0.25) is 4.79 Å². The van der Waals surface area contributed by atoms with Gasteiger partial charge in [-0.1, -0.05) is 25.0 Å². The lowest BCUT2D eigenvalue weighted by Crippen LogP contribution is -2.37. The van der Waals surface area contributed by atoms with Gasteiger partial charge in [-0.15, -0.1) is 11.3 Å². The highest BCUT2D eigenvalue weighted by Gasteiger charge is 2.26. The third-order valence-corrected chi connectivity index (χ3v) is 7.10. The number of carbonyl (C=O) groups is 1. The number of benzene rings is 1. The van der Waals surface area contributed by atoms with Crippen molar-refractivity contribution in [3.8, 4) is 11.5 Å². The topological polar surface area (TPSA) is 48.0 Å². The van der Waals surface area contributed by atoms with Crippen LogP contribution in [0.3, 0.4) is 0 Å². The molecule has 1 aliphatic heterocycles. The third kappa shape index (κ3) is 6.14. The maximum absolute atomic E-state index is 13.1. The molecule has 4 rings (SSSR count). The normalized spacial score (nSPS) is 19.3. The van der Waals surface area contributed by atoms with E-state index in [2.05, 4.69) is 0 Å². The number of nitrogens with zero attached hydrogens (tertiary/aromatic N) is 1. The third-order valence-electron chi connectivity index (χ3n) is 6.26. The Kier molecular flexibility index (Phi) is 8.24. The summed E-state index contributed by atoms with van der Waals surface area (Å²) in [5.41, 5.74) is 1.05. The van der Waals surface area contributed by atoms with Crippen molar-refractivity contribution in [2.75, 3.05) is 20.3 Å². The van der Waals surface area contributed by atoms with Crippen molar-refractivity contribution in [1.29, 1.82) is 0 Å². The maximum atomic E-state index is 13.1. The van der Waals surface area contributed by atoms with Gasteiger partial charge >= 0.3 is 0 Å². The molecule has 2 aliphatic rings. The van der Waals surface area contributed by atoms with Gasteiger partial charge in [0.2, 0.25) is 5.91 Å². The van der Waals surface area contributed by atoms with Crippen LogP contribution in [-0.2, 0) is 16.1 Å². The second-order valence-electron chi connectivity index (χ2n) is 8.54. The van der Waals surface area contributed by atoms with Crippen molar-refractivity contribution in [3.05, 3.63) is 52.2 Å². The zero-order chi connectivity index (χ0) is 22.2. The molecule has 1 amide bonds. The second-order valence-corrected chi connectivity index (χ2v) is 9.52. The number of ether oxygens (including phenoxy) is 3. The number of carbonyl (C=O) groups excluding carboxylic acids is 1. The van der Waals surface area contributed by atoms with Gasteiger partial charge in [0.1, 0.15) is 6.61 Å². The summed E-state index contributed by atoms with van der Waals surface area (Å²) >= 11 is 1.64. The molecule has 1 saturated heterocycles. The van der Waals surface area contributed by atoms with E-state index < -0.39 is 0 Å². The van der Waals surface area contributed by atoms with Crippen LogP contribution in [0.1, 0.15) is 55.4 Å². The SMILES string of the molecule is COc1cc(CN(C(=O)/C=C/c2cccs2)C2CCCC2)ccc1OC[C@@H]1CCCCO1. The summed E-state index contributed by atoms with van der Waals surface area (Å²) in [4.78, 5) is 16.2. The van der Waals surface area contributed by atoms with Gasteiger partial charge in [0.25, 0.3) is 0 Å². The summed E-state index contributed by atoms with van der Waals surface area (Å²) < 4.78 is 17.4. The molecule has 2 aromatic rings. The number of hydrogen-bond donors (Lipinski definition) is 0. The van der Waals surface area contributed by atoms with Crippen molar-refractivity contribution in [2.24, 2.45) is 0 Å². The molecule has 0 spiro atoms. The van der Waals surface area contributed by atoms with Crippen LogP contribution >= 0.6 is 11.3 Å². The van der Waals surface area contributed by atoms with E-state index in [1.165, 1.54) is 19.3 Å². The summed E-state index contributed by atoms with van der Waals surface area (Å²) in [5.74, 6) is 1.49. The van der Waals surface area contributed by atoms with E-state index in [0.717, 1.165) is 48.5 Å². The molecule has 2 heterocycles. The lowest BCUT2D eigenvalue weighted by Gasteiger charge is -2.28. The van der Waals surface area contributed by atoms with E-state index >= 15 is 0 Å². The minimum absolute atomic E-state index is 0.0686. The Morgan fingerprint density at radius 2 is 2.00 bits per heavy atom. The van der Waals surface area contributed by atoms with Crippen LogP contribution in [-0.4, -0.2) is 43.3 Å². The molecule has 1 aromatic heterocycles. The molecule has 5 nitrogen and oxygen atoms in total. The highest BCUT2D eigenvalue weighted by atomic mass is 32.1. The first-order chi connectivity index (χ1) is 15.7. The lowest BCUT2D eigenvalue weighted by atomic mass is 10.1. The fraction of sp³-hybridized carbons (Fsp3) is 0.500. The number of hydrogen-bond acceptors (Lipinski definition) is 5.